The Balaban J connectivity index is 2.08. The summed E-state index contributed by atoms with van der Waals surface area (Å²) in [4.78, 5) is 32.6. The summed E-state index contributed by atoms with van der Waals surface area (Å²) in [6, 6.07) is 0.706. The number of anilines is 1. The topological polar surface area (TPSA) is 77.6 Å². The van der Waals surface area contributed by atoms with Crippen LogP contribution in [0.2, 0.25) is 0 Å². The summed E-state index contributed by atoms with van der Waals surface area (Å²) in [6.45, 7) is 0.764. The van der Waals surface area contributed by atoms with Crippen molar-refractivity contribution in [3.63, 3.8) is 0 Å². The molecule has 30 heavy (non-hydrogen) atoms. The Bertz CT molecular complexity index is 1240. The lowest BCUT2D eigenvalue weighted by atomic mass is 10.0. The first kappa shape index (κ1) is 20.4. The Morgan fingerprint density at radius 1 is 1.43 bits per heavy atom. The van der Waals surface area contributed by atoms with E-state index in [0.29, 0.717) is 24.2 Å². The molecule has 1 aromatic carbocycles. The molecule has 0 radical (unpaired) electrons. The van der Waals surface area contributed by atoms with Crippen LogP contribution >= 0.6 is 11.3 Å². The number of fused-ring (bicyclic) bond motifs is 3. The van der Waals surface area contributed by atoms with Crippen molar-refractivity contribution < 1.29 is 18.7 Å². The van der Waals surface area contributed by atoms with Crippen LogP contribution in [0.5, 0.6) is 0 Å². The second kappa shape index (κ2) is 7.77. The number of piperazine rings is 1. The van der Waals surface area contributed by atoms with Gasteiger partial charge >= 0.3 is 5.97 Å². The minimum absolute atomic E-state index is 0.0318. The molecule has 0 bridgehead atoms. The second-order valence-corrected chi connectivity index (χ2v) is 8.12. The van der Waals surface area contributed by atoms with Gasteiger partial charge in [-0.05, 0) is 13.1 Å². The van der Waals surface area contributed by atoms with Crippen molar-refractivity contribution in [3.8, 4) is 0 Å². The Kier molecular flexibility index (Phi) is 5.29. The first-order valence-electron chi connectivity index (χ1n) is 9.33. The summed E-state index contributed by atoms with van der Waals surface area (Å²) in [5.41, 5.74) is -0.129. The smallest absolute Gasteiger partial charge is 0.342 e. The molecule has 1 unspecified atom stereocenters. The van der Waals surface area contributed by atoms with E-state index in [1.807, 2.05) is 11.9 Å². The van der Waals surface area contributed by atoms with Crippen molar-refractivity contribution in [2.24, 2.45) is 4.99 Å². The predicted molar refractivity (Wildman–Crippen MR) is 114 cm³/mol. The quantitative estimate of drug-likeness (QED) is 0.639. The molecule has 3 aromatic rings. The van der Waals surface area contributed by atoms with Crippen molar-refractivity contribution in [1.29, 1.82) is 0 Å². The van der Waals surface area contributed by atoms with E-state index in [9.17, 15) is 19.1 Å². The van der Waals surface area contributed by atoms with Crippen LogP contribution in [0.1, 0.15) is 15.9 Å². The molecular formula is C20H20F2N4O3S. The van der Waals surface area contributed by atoms with Crippen LogP contribution in [0.3, 0.4) is 0 Å². The van der Waals surface area contributed by atoms with Crippen LogP contribution in [0.4, 0.5) is 14.5 Å². The lowest BCUT2D eigenvalue weighted by molar-refractivity contribution is 0.0697. The molecular weight excluding hydrogens is 414 g/mol. The number of aromatic carboxylic acids is 1. The number of carbonyl (C=O) groups is 1. The number of hydrogen-bond donors (Lipinski definition) is 1. The molecule has 7 nitrogen and oxygen atoms in total. The van der Waals surface area contributed by atoms with Gasteiger partial charge in [0, 0.05) is 50.0 Å². The molecule has 158 valence electrons. The van der Waals surface area contributed by atoms with Gasteiger partial charge in [-0.25, -0.2) is 13.6 Å². The molecule has 1 aliphatic rings. The fourth-order valence-electron chi connectivity index (χ4n) is 4.03. The molecule has 3 heterocycles. The Hall–Kier alpha value is -2.85. The number of benzene rings is 1. The zero-order valence-corrected chi connectivity index (χ0v) is 17.2. The Morgan fingerprint density at radius 3 is 2.87 bits per heavy atom. The molecule has 1 saturated heterocycles. The molecule has 10 heteroatoms. The van der Waals surface area contributed by atoms with E-state index in [4.69, 9.17) is 0 Å². The van der Waals surface area contributed by atoms with E-state index in [-0.39, 0.29) is 34.1 Å². The van der Waals surface area contributed by atoms with Crippen molar-refractivity contribution in [3.05, 3.63) is 44.8 Å². The van der Waals surface area contributed by atoms with Crippen LogP contribution in [0.25, 0.3) is 15.7 Å². The van der Waals surface area contributed by atoms with Gasteiger partial charge in [0.05, 0.1) is 22.6 Å². The summed E-state index contributed by atoms with van der Waals surface area (Å²) >= 11 is 1.12. The lowest BCUT2D eigenvalue weighted by Crippen LogP contribution is -2.53. The third-order valence-corrected chi connectivity index (χ3v) is 6.42. The average molecular weight is 434 g/mol. The van der Waals surface area contributed by atoms with Gasteiger partial charge in [-0.2, -0.15) is 0 Å². The van der Waals surface area contributed by atoms with Crippen molar-refractivity contribution in [2.75, 3.05) is 45.3 Å². The van der Waals surface area contributed by atoms with E-state index in [1.165, 1.54) is 13.3 Å². The first-order chi connectivity index (χ1) is 14.4. The fourth-order valence-corrected chi connectivity index (χ4v) is 4.90. The zero-order chi connectivity index (χ0) is 21.6. The Labute approximate surface area is 174 Å². The van der Waals surface area contributed by atoms with Gasteiger partial charge in [-0.1, -0.05) is 0 Å². The third-order valence-electron chi connectivity index (χ3n) is 5.54. The van der Waals surface area contributed by atoms with Gasteiger partial charge in [-0.15, -0.1) is 11.3 Å². The van der Waals surface area contributed by atoms with E-state index in [2.05, 4.69) is 4.99 Å². The number of aliphatic imine (C=N–C) groups is 1. The number of likely N-dealkylation sites (N-methyl/N-ethyl adjacent to an activating group) is 1. The highest BCUT2D eigenvalue weighted by molar-refractivity contribution is 7.16. The van der Waals surface area contributed by atoms with Gasteiger partial charge in [0.25, 0.3) is 0 Å². The van der Waals surface area contributed by atoms with Crippen LogP contribution in [-0.4, -0.2) is 73.0 Å². The SMILES string of the molecule is CN=Cc1c(N2CCN(C)C(CF)C2)c(F)cc2c(=O)c(C(=O)O)c3sccn3c12. The Morgan fingerprint density at radius 2 is 2.20 bits per heavy atom. The number of nitrogens with zero attached hydrogens (tertiary/aromatic N) is 4. The number of alkyl halides is 1. The van der Waals surface area contributed by atoms with Gasteiger partial charge < -0.3 is 14.4 Å². The molecule has 2 aromatic heterocycles. The van der Waals surface area contributed by atoms with Crippen LogP contribution in [0, 0.1) is 5.82 Å². The second-order valence-electron chi connectivity index (χ2n) is 7.23. The first-order valence-corrected chi connectivity index (χ1v) is 10.2. The highest BCUT2D eigenvalue weighted by atomic mass is 32.1. The number of hydrogen-bond acceptors (Lipinski definition) is 6. The molecule has 0 saturated carbocycles. The molecule has 0 aliphatic carbocycles. The summed E-state index contributed by atoms with van der Waals surface area (Å²) in [5, 5.41) is 11.2. The zero-order valence-electron chi connectivity index (χ0n) is 16.4. The predicted octanol–water partition coefficient (Wildman–Crippen LogP) is 2.49. The lowest BCUT2D eigenvalue weighted by Gasteiger charge is -2.40. The highest BCUT2D eigenvalue weighted by Crippen LogP contribution is 2.33. The summed E-state index contributed by atoms with van der Waals surface area (Å²) in [6.07, 6.45) is 3.12. The van der Waals surface area contributed by atoms with Crippen LogP contribution in [0.15, 0.2) is 27.4 Å². The third kappa shape index (κ3) is 3.07. The highest BCUT2D eigenvalue weighted by Gasteiger charge is 2.30. The minimum Gasteiger partial charge on any atom is -0.477 e. The molecule has 4 rings (SSSR count). The maximum absolute atomic E-state index is 15.4. The summed E-state index contributed by atoms with van der Waals surface area (Å²) in [5.74, 6) is -2.02. The number of halogens is 2. The average Bonchev–Trinajstić information content (AvgIpc) is 3.18. The summed E-state index contributed by atoms with van der Waals surface area (Å²) < 4.78 is 30.4. The number of thiazole rings is 1. The minimum atomic E-state index is -1.36. The van der Waals surface area contributed by atoms with Gasteiger partial charge in [0.15, 0.2) is 0 Å². The van der Waals surface area contributed by atoms with E-state index >= 15 is 4.39 Å². The number of carboxylic acids is 1. The van der Waals surface area contributed by atoms with Crippen LogP contribution < -0.4 is 10.3 Å². The molecule has 1 atom stereocenters. The maximum atomic E-state index is 15.4. The van der Waals surface area contributed by atoms with Crippen molar-refractivity contribution in [2.45, 2.75) is 6.04 Å². The van der Waals surface area contributed by atoms with Crippen LogP contribution in [-0.2, 0) is 0 Å². The molecule has 1 aliphatic heterocycles. The summed E-state index contributed by atoms with van der Waals surface area (Å²) in [7, 11) is 3.36. The van der Waals surface area contributed by atoms with E-state index in [1.54, 1.807) is 20.9 Å². The molecule has 0 amide bonds. The monoisotopic (exact) mass is 434 g/mol. The number of carboxylic acid groups (broad SMARTS) is 1. The van der Waals surface area contributed by atoms with Gasteiger partial charge in [0.2, 0.25) is 5.43 Å². The van der Waals surface area contributed by atoms with Gasteiger partial charge in [-0.3, -0.25) is 14.7 Å². The van der Waals surface area contributed by atoms with E-state index in [0.717, 1.165) is 17.4 Å². The maximum Gasteiger partial charge on any atom is 0.342 e. The van der Waals surface area contributed by atoms with Crippen molar-refractivity contribution >= 4 is 44.9 Å². The normalized spacial score (nSPS) is 18.1. The molecule has 0 spiro atoms. The molecule has 1 fully saturated rings. The van der Waals surface area contributed by atoms with Gasteiger partial charge in [0.1, 0.15) is 22.9 Å². The number of pyridine rings is 1. The van der Waals surface area contributed by atoms with Crippen molar-refractivity contribution in [1.82, 2.24) is 9.30 Å². The number of rotatable bonds is 4. The fraction of sp³-hybridized carbons (Fsp3) is 0.350. The standard InChI is InChI=1S/C20H20F2N4O3S/c1-23-9-13-16-12(18(27)15(20(28)29)19-26(16)5-6-30-19)7-14(22)17(13)25-4-3-24(2)11(8-21)10-25/h5-7,9,11H,3-4,8,10H2,1-2H3,(H,28,29). The molecule has 1 N–H and O–H groups in total. The largest absolute Gasteiger partial charge is 0.477 e. The van der Waals surface area contributed by atoms with E-state index < -0.39 is 23.9 Å². The number of aromatic nitrogens is 1.